The predicted molar refractivity (Wildman–Crippen MR) is 68.0 cm³/mol. The molecule has 1 atom stereocenters. The summed E-state index contributed by atoms with van der Waals surface area (Å²) >= 11 is 0. The fourth-order valence-corrected chi connectivity index (χ4v) is 2.51. The van der Waals surface area contributed by atoms with Gasteiger partial charge in [-0.25, -0.2) is 4.79 Å². The molecule has 0 aromatic rings. The Kier molecular flexibility index (Phi) is 5.07. The van der Waals surface area contributed by atoms with Crippen molar-refractivity contribution >= 4 is 6.03 Å². The van der Waals surface area contributed by atoms with E-state index in [1.165, 1.54) is 19.3 Å². The number of carbonyl (C=O) groups excluding carboxylic acids is 1. The van der Waals surface area contributed by atoms with Crippen LogP contribution in [0.2, 0.25) is 0 Å². The normalized spacial score (nSPS) is 25.8. The van der Waals surface area contributed by atoms with Gasteiger partial charge >= 0.3 is 6.03 Å². The van der Waals surface area contributed by atoms with Crippen LogP contribution in [0.3, 0.4) is 0 Å². The van der Waals surface area contributed by atoms with Crippen molar-refractivity contribution in [1.29, 1.82) is 0 Å². The van der Waals surface area contributed by atoms with Gasteiger partial charge in [-0.05, 0) is 57.3 Å². The van der Waals surface area contributed by atoms with Crippen LogP contribution in [0.5, 0.6) is 0 Å². The van der Waals surface area contributed by atoms with Gasteiger partial charge in [0.2, 0.25) is 0 Å². The minimum atomic E-state index is -0.00423. The highest BCUT2D eigenvalue weighted by Crippen LogP contribution is 2.09. The van der Waals surface area contributed by atoms with Crippen molar-refractivity contribution in [3.8, 4) is 0 Å². The monoisotopic (exact) mass is 240 g/mol. The second kappa shape index (κ2) is 6.81. The third-order valence-electron chi connectivity index (χ3n) is 3.72. The number of piperidine rings is 1. The third-order valence-corrected chi connectivity index (χ3v) is 3.72. The van der Waals surface area contributed by atoms with Gasteiger partial charge in [0.1, 0.15) is 0 Å². The topological polar surface area (TPSA) is 65.2 Å². The summed E-state index contributed by atoms with van der Waals surface area (Å²) < 4.78 is 0. The Morgan fingerprint density at radius 3 is 2.18 bits per heavy atom. The molecule has 1 unspecified atom stereocenters. The number of carbonyl (C=O) groups is 1. The molecule has 2 rings (SSSR count). The maximum Gasteiger partial charge on any atom is 0.314 e. The Labute approximate surface area is 103 Å². The lowest BCUT2D eigenvalue weighted by Gasteiger charge is -2.23. The summed E-state index contributed by atoms with van der Waals surface area (Å²) in [6.07, 6.45) is 3.52. The zero-order chi connectivity index (χ0) is 11.9. The summed E-state index contributed by atoms with van der Waals surface area (Å²) in [5.41, 5.74) is 0. The van der Waals surface area contributed by atoms with Gasteiger partial charge < -0.3 is 21.3 Å². The van der Waals surface area contributed by atoms with Crippen LogP contribution in [0.4, 0.5) is 4.79 Å². The molecule has 98 valence electrons. The molecule has 5 heteroatoms. The Bertz CT molecular complexity index is 235. The highest BCUT2D eigenvalue weighted by Gasteiger charge is 2.16. The Balaban J connectivity index is 1.53. The molecular weight excluding hydrogens is 216 g/mol. The minimum Gasteiger partial charge on any atom is -0.338 e. The summed E-state index contributed by atoms with van der Waals surface area (Å²) in [5, 5.41) is 12.6. The summed E-state index contributed by atoms with van der Waals surface area (Å²) in [6, 6.07) is -0.00423. The van der Waals surface area contributed by atoms with Crippen molar-refractivity contribution < 1.29 is 4.79 Å². The standard InChI is InChI=1S/C12H24N4O/c17-12(16-9-11-3-6-14-7-11)15-8-10-1-4-13-5-2-10/h10-11,13-14H,1-9H2,(H2,15,16,17). The number of amides is 2. The van der Waals surface area contributed by atoms with Gasteiger partial charge in [-0.2, -0.15) is 0 Å². The molecule has 0 aliphatic carbocycles. The molecule has 2 heterocycles. The Morgan fingerprint density at radius 1 is 0.941 bits per heavy atom. The molecule has 2 aliphatic rings. The summed E-state index contributed by atoms with van der Waals surface area (Å²) in [5.74, 6) is 1.26. The van der Waals surface area contributed by atoms with E-state index in [2.05, 4.69) is 21.3 Å². The van der Waals surface area contributed by atoms with E-state index in [0.717, 1.165) is 39.3 Å². The number of hydrogen-bond donors (Lipinski definition) is 4. The summed E-state index contributed by atoms with van der Waals surface area (Å²) in [4.78, 5) is 11.6. The SMILES string of the molecule is O=C(NCC1CCNCC1)NCC1CCNC1. The van der Waals surface area contributed by atoms with Crippen LogP contribution in [0, 0.1) is 11.8 Å². The van der Waals surface area contributed by atoms with Gasteiger partial charge in [-0.15, -0.1) is 0 Å². The fourth-order valence-electron chi connectivity index (χ4n) is 2.51. The van der Waals surface area contributed by atoms with Gasteiger partial charge in [-0.1, -0.05) is 0 Å². The second-order valence-corrected chi connectivity index (χ2v) is 5.14. The molecule has 17 heavy (non-hydrogen) atoms. The first-order valence-corrected chi connectivity index (χ1v) is 6.77. The van der Waals surface area contributed by atoms with E-state index in [9.17, 15) is 4.79 Å². The maximum atomic E-state index is 11.6. The van der Waals surface area contributed by atoms with Crippen LogP contribution < -0.4 is 21.3 Å². The van der Waals surface area contributed by atoms with E-state index in [1.54, 1.807) is 0 Å². The van der Waals surface area contributed by atoms with Gasteiger partial charge in [-0.3, -0.25) is 0 Å². The lowest BCUT2D eigenvalue weighted by Crippen LogP contribution is -2.42. The molecule has 0 spiro atoms. The van der Waals surface area contributed by atoms with E-state index in [4.69, 9.17) is 0 Å². The maximum absolute atomic E-state index is 11.6. The molecule has 2 amide bonds. The van der Waals surface area contributed by atoms with Crippen LogP contribution >= 0.6 is 0 Å². The van der Waals surface area contributed by atoms with Gasteiger partial charge in [0.25, 0.3) is 0 Å². The van der Waals surface area contributed by atoms with Crippen LogP contribution in [-0.4, -0.2) is 45.3 Å². The molecule has 0 aromatic heterocycles. The first-order valence-electron chi connectivity index (χ1n) is 6.77. The quantitative estimate of drug-likeness (QED) is 0.554. The molecular formula is C12H24N4O. The van der Waals surface area contributed by atoms with Crippen molar-refractivity contribution in [1.82, 2.24) is 21.3 Å². The molecule has 4 N–H and O–H groups in total. The highest BCUT2D eigenvalue weighted by molar-refractivity contribution is 5.73. The lowest BCUT2D eigenvalue weighted by atomic mass is 9.98. The number of hydrogen-bond acceptors (Lipinski definition) is 3. The summed E-state index contributed by atoms with van der Waals surface area (Å²) in [7, 11) is 0. The van der Waals surface area contributed by atoms with Crippen molar-refractivity contribution in [2.45, 2.75) is 19.3 Å². The first kappa shape index (κ1) is 12.6. The molecule has 5 nitrogen and oxygen atoms in total. The molecule has 0 aromatic carbocycles. The van der Waals surface area contributed by atoms with Gasteiger partial charge in [0.15, 0.2) is 0 Å². The first-order chi connectivity index (χ1) is 8.34. The van der Waals surface area contributed by atoms with E-state index in [1.807, 2.05) is 0 Å². The van der Waals surface area contributed by atoms with Crippen LogP contribution in [-0.2, 0) is 0 Å². The number of nitrogens with one attached hydrogen (secondary N) is 4. The predicted octanol–water partition coefficient (Wildman–Crippen LogP) is -0.105. The molecule has 2 fully saturated rings. The average molecular weight is 240 g/mol. The number of rotatable bonds is 4. The third kappa shape index (κ3) is 4.52. The molecule has 2 aliphatic heterocycles. The number of urea groups is 1. The average Bonchev–Trinajstić information content (AvgIpc) is 2.88. The van der Waals surface area contributed by atoms with Gasteiger partial charge in [0.05, 0.1) is 0 Å². The molecule has 0 saturated carbocycles. The molecule has 0 bridgehead atoms. The van der Waals surface area contributed by atoms with E-state index in [0.29, 0.717) is 11.8 Å². The minimum absolute atomic E-state index is 0.00423. The highest BCUT2D eigenvalue weighted by atomic mass is 16.2. The summed E-state index contributed by atoms with van der Waals surface area (Å²) in [6.45, 7) is 5.91. The molecule has 2 saturated heterocycles. The smallest absolute Gasteiger partial charge is 0.314 e. The van der Waals surface area contributed by atoms with E-state index < -0.39 is 0 Å². The van der Waals surface area contributed by atoms with Crippen molar-refractivity contribution in [3.63, 3.8) is 0 Å². The van der Waals surface area contributed by atoms with Crippen molar-refractivity contribution in [2.24, 2.45) is 11.8 Å². The van der Waals surface area contributed by atoms with Crippen molar-refractivity contribution in [3.05, 3.63) is 0 Å². The van der Waals surface area contributed by atoms with E-state index >= 15 is 0 Å². The van der Waals surface area contributed by atoms with Crippen LogP contribution in [0.25, 0.3) is 0 Å². The van der Waals surface area contributed by atoms with Crippen molar-refractivity contribution in [2.75, 3.05) is 39.3 Å². The Morgan fingerprint density at radius 2 is 1.53 bits per heavy atom. The fraction of sp³-hybridized carbons (Fsp3) is 0.917. The van der Waals surface area contributed by atoms with Gasteiger partial charge in [0, 0.05) is 13.1 Å². The largest absolute Gasteiger partial charge is 0.338 e. The second-order valence-electron chi connectivity index (χ2n) is 5.14. The zero-order valence-corrected chi connectivity index (χ0v) is 10.4. The molecule has 0 radical (unpaired) electrons. The van der Waals surface area contributed by atoms with Crippen LogP contribution in [0.1, 0.15) is 19.3 Å². The lowest BCUT2D eigenvalue weighted by molar-refractivity contribution is 0.235. The Hall–Kier alpha value is -0.810. The van der Waals surface area contributed by atoms with E-state index in [-0.39, 0.29) is 6.03 Å². The van der Waals surface area contributed by atoms with Crippen LogP contribution in [0.15, 0.2) is 0 Å². The zero-order valence-electron chi connectivity index (χ0n) is 10.4.